The van der Waals surface area contributed by atoms with Crippen LogP contribution >= 0.6 is 0 Å². The minimum absolute atomic E-state index is 0.124. The molecule has 5 nitrogen and oxygen atoms in total. The first-order valence-electron chi connectivity index (χ1n) is 6.27. The Labute approximate surface area is 105 Å². The van der Waals surface area contributed by atoms with Crippen molar-refractivity contribution in [1.82, 2.24) is 9.03 Å². The van der Waals surface area contributed by atoms with Crippen LogP contribution in [0, 0.1) is 0 Å². The van der Waals surface area contributed by atoms with E-state index in [0.29, 0.717) is 13.1 Å². The highest BCUT2D eigenvalue weighted by Gasteiger charge is 2.35. The lowest BCUT2D eigenvalue weighted by atomic mass is 10.1. The standard InChI is InChI=1S/C11H25N3O2S/c1-11(2,3)13-17(15,16)14-9-5-7-10(14)6-4-8-12/h10,13H,4-9,12H2,1-3H3. The van der Waals surface area contributed by atoms with Crippen molar-refractivity contribution >= 4 is 10.2 Å². The molecule has 1 saturated heterocycles. The molecule has 0 aromatic rings. The van der Waals surface area contributed by atoms with E-state index in [-0.39, 0.29) is 6.04 Å². The SMILES string of the molecule is CC(C)(C)NS(=O)(=O)N1CCCC1CCCN. The van der Waals surface area contributed by atoms with Crippen LogP contribution in [0.5, 0.6) is 0 Å². The van der Waals surface area contributed by atoms with E-state index in [2.05, 4.69) is 4.72 Å². The van der Waals surface area contributed by atoms with Crippen molar-refractivity contribution in [2.75, 3.05) is 13.1 Å². The molecule has 6 heteroatoms. The molecule has 0 aromatic heterocycles. The number of rotatable bonds is 5. The van der Waals surface area contributed by atoms with Crippen molar-refractivity contribution in [1.29, 1.82) is 0 Å². The molecule has 1 aliphatic heterocycles. The number of nitrogens with one attached hydrogen (secondary N) is 1. The van der Waals surface area contributed by atoms with Crippen molar-refractivity contribution in [2.24, 2.45) is 5.73 Å². The van der Waals surface area contributed by atoms with Gasteiger partial charge in [-0.1, -0.05) is 0 Å². The Morgan fingerprint density at radius 2 is 2.06 bits per heavy atom. The molecule has 0 bridgehead atoms. The highest BCUT2D eigenvalue weighted by atomic mass is 32.2. The second-order valence-electron chi connectivity index (χ2n) is 5.69. The topological polar surface area (TPSA) is 75.4 Å². The second kappa shape index (κ2) is 5.65. The molecule has 0 aromatic carbocycles. The quantitative estimate of drug-likeness (QED) is 0.771. The van der Waals surface area contributed by atoms with Gasteiger partial charge in [-0.05, 0) is 53.0 Å². The van der Waals surface area contributed by atoms with Crippen molar-refractivity contribution in [3.63, 3.8) is 0 Å². The number of nitrogens with zero attached hydrogens (tertiary/aromatic N) is 1. The summed E-state index contributed by atoms with van der Waals surface area (Å²) >= 11 is 0. The summed E-state index contributed by atoms with van der Waals surface area (Å²) in [6.07, 6.45) is 3.64. The minimum Gasteiger partial charge on any atom is -0.330 e. The van der Waals surface area contributed by atoms with Gasteiger partial charge in [0.05, 0.1) is 0 Å². The predicted molar refractivity (Wildman–Crippen MR) is 69.8 cm³/mol. The molecule has 0 saturated carbocycles. The third kappa shape index (κ3) is 4.54. The van der Waals surface area contributed by atoms with Crippen LogP contribution in [0.3, 0.4) is 0 Å². The summed E-state index contributed by atoms with van der Waals surface area (Å²) in [5.41, 5.74) is 5.05. The molecule has 1 atom stereocenters. The summed E-state index contributed by atoms with van der Waals surface area (Å²) in [6.45, 7) is 6.82. The lowest BCUT2D eigenvalue weighted by Gasteiger charge is -2.29. The Bertz CT molecular complexity index is 335. The van der Waals surface area contributed by atoms with E-state index in [1.807, 2.05) is 20.8 Å². The Morgan fingerprint density at radius 1 is 1.41 bits per heavy atom. The third-order valence-electron chi connectivity index (χ3n) is 2.81. The second-order valence-corrected chi connectivity index (χ2v) is 7.32. The number of nitrogens with two attached hydrogens (primary N) is 1. The van der Waals surface area contributed by atoms with E-state index in [1.54, 1.807) is 4.31 Å². The van der Waals surface area contributed by atoms with Gasteiger partial charge in [0.25, 0.3) is 10.2 Å². The molecule has 0 amide bonds. The number of hydrogen-bond donors (Lipinski definition) is 2. The van der Waals surface area contributed by atoms with Gasteiger partial charge in [0.1, 0.15) is 0 Å². The molecule has 0 spiro atoms. The zero-order chi connectivity index (χ0) is 13.1. The summed E-state index contributed by atoms with van der Waals surface area (Å²) in [6, 6.07) is 0.124. The predicted octanol–water partition coefficient (Wildman–Crippen LogP) is 0.823. The molecule has 1 unspecified atom stereocenters. The van der Waals surface area contributed by atoms with Gasteiger partial charge in [-0.3, -0.25) is 0 Å². The van der Waals surface area contributed by atoms with E-state index in [4.69, 9.17) is 5.73 Å². The molecule has 0 radical (unpaired) electrons. The van der Waals surface area contributed by atoms with Gasteiger partial charge in [0, 0.05) is 18.1 Å². The van der Waals surface area contributed by atoms with Crippen molar-refractivity contribution in [3.8, 4) is 0 Å². The van der Waals surface area contributed by atoms with Crippen LogP contribution < -0.4 is 10.5 Å². The molecular weight excluding hydrogens is 238 g/mol. The van der Waals surface area contributed by atoms with E-state index >= 15 is 0 Å². The zero-order valence-corrected chi connectivity index (χ0v) is 11.9. The van der Waals surface area contributed by atoms with Crippen LogP contribution in [-0.4, -0.2) is 37.4 Å². The summed E-state index contributed by atoms with van der Waals surface area (Å²) in [4.78, 5) is 0. The molecule has 17 heavy (non-hydrogen) atoms. The van der Waals surface area contributed by atoms with Crippen LogP contribution in [0.1, 0.15) is 46.5 Å². The zero-order valence-electron chi connectivity index (χ0n) is 11.1. The summed E-state index contributed by atoms with van der Waals surface area (Å²) in [5.74, 6) is 0. The maximum atomic E-state index is 12.2. The maximum Gasteiger partial charge on any atom is 0.280 e. The van der Waals surface area contributed by atoms with Crippen molar-refractivity contribution in [3.05, 3.63) is 0 Å². The average Bonchev–Trinajstić information content (AvgIpc) is 2.59. The highest BCUT2D eigenvalue weighted by Crippen LogP contribution is 2.24. The molecule has 1 fully saturated rings. The van der Waals surface area contributed by atoms with Crippen LogP contribution in [0.2, 0.25) is 0 Å². The average molecular weight is 263 g/mol. The lowest BCUT2D eigenvalue weighted by molar-refractivity contribution is 0.349. The van der Waals surface area contributed by atoms with E-state index in [0.717, 1.165) is 25.7 Å². The first-order chi connectivity index (χ1) is 7.76. The van der Waals surface area contributed by atoms with E-state index in [9.17, 15) is 8.42 Å². The van der Waals surface area contributed by atoms with Gasteiger partial charge in [-0.2, -0.15) is 17.4 Å². The Balaban J connectivity index is 2.69. The van der Waals surface area contributed by atoms with Gasteiger partial charge in [0.2, 0.25) is 0 Å². The van der Waals surface area contributed by atoms with Gasteiger partial charge >= 0.3 is 0 Å². The largest absolute Gasteiger partial charge is 0.330 e. The van der Waals surface area contributed by atoms with Crippen LogP contribution in [0.25, 0.3) is 0 Å². The van der Waals surface area contributed by atoms with Crippen molar-refractivity contribution < 1.29 is 8.42 Å². The molecule has 1 rings (SSSR count). The fourth-order valence-electron chi connectivity index (χ4n) is 2.21. The molecule has 1 heterocycles. The molecule has 3 N–H and O–H groups in total. The van der Waals surface area contributed by atoms with E-state index < -0.39 is 15.7 Å². The third-order valence-corrected chi connectivity index (χ3v) is 4.78. The van der Waals surface area contributed by atoms with Crippen LogP contribution in [0.4, 0.5) is 0 Å². The summed E-state index contributed by atoms with van der Waals surface area (Å²) in [5, 5.41) is 0. The highest BCUT2D eigenvalue weighted by molar-refractivity contribution is 7.87. The summed E-state index contributed by atoms with van der Waals surface area (Å²) < 4.78 is 28.7. The fourth-order valence-corrected chi connectivity index (χ4v) is 4.08. The first-order valence-corrected chi connectivity index (χ1v) is 7.71. The van der Waals surface area contributed by atoms with E-state index in [1.165, 1.54) is 0 Å². The van der Waals surface area contributed by atoms with Gasteiger partial charge in [-0.25, -0.2) is 0 Å². The maximum absolute atomic E-state index is 12.2. The smallest absolute Gasteiger partial charge is 0.280 e. The summed E-state index contributed by atoms with van der Waals surface area (Å²) in [7, 11) is -3.35. The normalized spacial score (nSPS) is 23.2. The Kier molecular flexibility index (Phi) is 4.95. The first kappa shape index (κ1) is 14.9. The molecule has 0 aliphatic carbocycles. The lowest BCUT2D eigenvalue weighted by Crippen LogP contribution is -2.50. The van der Waals surface area contributed by atoms with Crippen molar-refractivity contribution in [2.45, 2.75) is 58.0 Å². The molecule has 1 aliphatic rings. The molecular formula is C11H25N3O2S. The van der Waals surface area contributed by atoms with Gasteiger partial charge in [0.15, 0.2) is 0 Å². The number of hydrogen-bond acceptors (Lipinski definition) is 3. The molecule has 102 valence electrons. The van der Waals surface area contributed by atoms with Gasteiger partial charge in [-0.15, -0.1) is 0 Å². The van der Waals surface area contributed by atoms with Crippen LogP contribution in [-0.2, 0) is 10.2 Å². The Hall–Kier alpha value is -0.170. The van der Waals surface area contributed by atoms with Gasteiger partial charge < -0.3 is 5.73 Å². The fraction of sp³-hybridized carbons (Fsp3) is 1.00. The minimum atomic E-state index is -3.35. The van der Waals surface area contributed by atoms with Crippen LogP contribution in [0.15, 0.2) is 0 Å². The monoisotopic (exact) mass is 263 g/mol. The Morgan fingerprint density at radius 3 is 2.59 bits per heavy atom.